The Balaban J connectivity index is 1.93. The van der Waals surface area contributed by atoms with Gasteiger partial charge in [-0.25, -0.2) is 0 Å². The van der Waals surface area contributed by atoms with Gasteiger partial charge in [0, 0.05) is 6.54 Å². The fourth-order valence-electron chi connectivity index (χ4n) is 2.48. The highest BCUT2D eigenvalue weighted by molar-refractivity contribution is 5.77. The number of nitrogens with two attached hydrogens (primary N) is 1. The summed E-state index contributed by atoms with van der Waals surface area (Å²) in [6.07, 6.45) is 4.73. The Kier molecular flexibility index (Phi) is 3.79. The molecule has 1 aromatic carbocycles. The van der Waals surface area contributed by atoms with E-state index in [2.05, 4.69) is 29.6 Å². The maximum Gasteiger partial charge on any atom is 0.233 e. The summed E-state index contributed by atoms with van der Waals surface area (Å²) < 4.78 is 0. The molecule has 1 amide bonds. The van der Waals surface area contributed by atoms with Gasteiger partial charge in [0.25, 0.3) is 0 Å². The average Bonchev–Trinajstić information content (AvgIpc) is 2.33. The van der Waals surface area contributed by atoms with E-state index in [4.69, 9.17) is 5.73 Å². The molecule has 0 aromatic heterocycles. The lowest BCUT2D eigenvalue weighted by Gasteiger charge is -2.42. The first-order valence-electron chi connectivity index (χ1n) is 6.25. The number of hydrogen-bond acceptors (Lipinski definition) is 2. The van der Waals surface area contributed by atoms with Gasteiger partial charge < -0.3 is 11.1 Å². The van der Waals surface area contributed by atoms with Crippen molar-refractivity contribution < 1.29 is 4.79 Å². The molecule has 1 aliphatic carbocycles. The van der Waals surface area contributed by atoms with Gasteiger partial charge in [-0.2, -0.15) is 0 Å². The van der Waals surface area contributed by atoms with Crippen molar-refractivity contribution in [3.8, 4) is 0 Å². The van der Waals surface area contributed by atoms with E-state index in [0.717, 1.165) is 13.0 Å². The molecule has 0 unspecified atom stereocenters. The summed E-state index contributed by atoms with van der Waals surface area (Å²) in [5, 5.41) is 2.93. The predicted molar refractivity (Wildman–Crippen MR) is 68.5 cm³/mol. The molecule has 0 aliphatic heterocycles. The smallest absolute Gasteiger partial charge is 0.233 e. The molecule has 92 valence electrons. The molecule has 2 rings (SSSR count). The van der Waals surface area contributed by atoms with Crippen LogP contribution in [0.3, 0.4) is 0 Å². The Bertz CT molecular complexity index is 371. The maximum absolute atomic E-state index is 11.2. The molecule has 0 heterocycles. The lowest BCUT2D eigenvalue weighted by molar-refractivity contribution is -0.120. The van der Waals surface area contributed by atoms with Crippen molar-refractivity contribution in [1.29, 1.82) is 0 Å². The van der Waals surface area contributed by atoms with E-state index in [1.165, 1.54) is 24.8 Å². The minimum absolute atomic E-state index is 0.0515. The van der Waals surface area contributed by atoms with Gasteiger partial charge in [-0.15, -0.1) is 0 Å². The zero-order valence-electron chi connectivity index (χ0n) is 10.1. The van der Waals surface area contributed by atoms with Crippen LogP contribution in [-0.4, -0.2) is 19.0 Å². The molecule has 0 radical (unpaired) electrons. The Morgan fingerprint density at radius 1 is 1.29 bits per heavy atom. The summed E-state index contributed by atoms with van der Waals surface area (Å²) in [5.74, 6) is -0.0515. The molecule has 1 saturated carbocycles. The third-order valence-electron chi connectivity index (χ3n) is 3.68. The zero-order valence-corrected chi connectivity index (χ0v) is 10.1. The standard InChI is InChI=1S/C14H20N2O/c15-10-13(17)16-11-14(7-4-8-14)9-12-5-2-1-3-6-12/h1-3,5-6H,4,7-11,15H2,(H,16,17). The highest BCUT2D eigenvalue weighted by Crippen LogP contribution is 2.43. The number of carbonyl (C=O) groups excluding carboxylic acids is 1. The van der Waals surface area contributed by atoms with Gasteiger partial charge in [-0.1, -0.05) is 36.8 Å². The zero-order chi connectivity index (χ0) is 12.1. The van der Waals surface area contributed by atoms with Crippen LogP contribution in [0.2, 0.25) is 0 Å². The van der Waals surface area contributed by atoms with E-state index < -0.39 is 0 Å². The molecule has 0 spiro atoms. The number of carbonyl (C=O) groups is 1. The molecule has 3 N–H and O–H groups in total. The summed E-state index contributed by atoms with van der Waals surface area (Å²) in [6.45, 7) is 0.847. The molecule has 3 nitrogen and oxygen atoms in total. The predicted octanol–water partition coefficient (Wildman–Crippen LogP) is 1.47. The van der Waals surface area contributed by atoms with E-state index in [0.29, 0.717) is 0 Å². The van der Waals surface area contributed by atoms with Crippen molar-refractivity contribution in [3.63, 3.8) is 0 Å². The van der Waals surface area contributed by atoms with E-state index in [9.17, 15) is 4.79 Å². The molecule has 0 bridgehead atoms. The van der Waals surface area contributed by atoms with Gasteiger partial charge in [0.1, 0.15) is 0 Å². The first kappa shape index (κ1) is 12.1. The highest BCUT2D eigenvalue weighted by atomic mass is 16.1. The van der Waals surface area contributed by atoms with Gasteiger partial charge in [-0.05, 0) is 30.2 Å². The van der Waals surface area contributed by atoms with Crippen molar-refractivity contribution in [2.45, 2.75) is 25.7 Å². The second kappa shape index (κ2) is 5.32. The van der Waals surface area contributed by atoms with Crippen LogP contribution < -0.4 is 11.1 Å². The fourth-order valence-corrected chi connectivity index (χ4v) is 2.48. The Hall–Kier alpha value is -1.35. The van der Waals surface area contributed by atoms with E-state index in [1.54, 1.807) is 0 Å². The molecular weight excluding hydrogens is 212 g/mol. The Morgan fingerprint density at radius 3 is 2.53 bits per heavy atom. The van der Waals surface area contributed by atoms with Crippen molar-refractivity contribution >= 4 is 5.91 Å². The summed E-state index contributed by atoms with van der Waals surface area (Å²) in [5.41, 5.74) is 6.93. The van der Waals surface area contributed by atoms with Crippen LogP contribution in [0.15, 0.2) is 30.3 Å². The van der Waals surface area contributed by atoms with Crippen molar-refractivity contribution in [1.82, 2.24) is 5.32 Å². The topological polar surface area (TPSA) is 55.1 Å². The molecule has 1 aromatic rings. The van der Waals surface area contributed by atoms with Gasteiger partial charge >= 0.3 is 0 Å². The van der Waals surface area contributed by atoms with E-state index in [1.807, 2.05) is 6.07 Å². The average molecular weight is 232 g/mol. The third kappa shape index (κ3) is 3.07. The Labute approximate surface area is 102 Å². The van der Waals surface area contributed by atoms with Gasteiger partial charge in [0.2, 0.25) is 5.91 Å². The molecular formula is C14H20N2O. The number of benzene rings is 1. The van der Waals surface area contributed by atoms with Gasteiger partial charge in [0.05, 0.1) is 6.54 Å². The second-order valence-electron chi connectivity index (χ2n) is 5.00. The summed E-state index contributed by atoms with van der Waals surface area (Å²) in [6, 6.07) is 10.5. The van der Waals surface area contributed by atoms with Gasteiger partial charge in [-0.3, -0.25) is 4.79 Å². The third-order valence-corrected chi connectivity index (χ3v) is 3.68. The lowest BCUT2D eigenvalue weighted by Crippen LogP contribution is -2.45. The SMILES string of the molecule is NCC(=O)NCC1(Cc2ccccc2)CCC1. The monoisotopic (exact) mass is 232 g/mol. The maximum atomic E-state index is 11.2. The highest BCUT2D eigenvalue weighted by Gasteiger charge is 2.36. The summed E-state index contributed by atoms with van der Waals surface area (Å²) in [7, 11) is 0. The number of nitrogens with one attached hydrogen (secondary N) is 1. The lowest BCUT2D eigenvalue weighted by atomic mass is 9.65. The van der Waals surface area contributed by atoms with Crippen LogP contribution in [0, 0.1) is 5.41 Å². The largest absolute Gasteiger partial charge is 0.354 e. The minimum Gasteiger partial charge on any atom is -0.354 e. The van der Waals surface area contributed by atoms with E-state index >= 15 is 0 Å². The molecule has 17 heavy (non-hydrogen) atoms. The quantitative estimate of drug-likeness (QED) is 0.808. The molecule has 1 aliphatic rings. The van der Waals surface area contributed by atoms with Crippen LogP contribution >= 0.6 is 0 Å². The molecule has 1 fully saturated rings. The van der Waals surface area contributed by atoms with Crippen LogP contribution in [0.4, 0.5) is 0 Å². The normalized spacial score (nSPS) is 17.2. The molecule has 0 atom stereocenters. The van der Waals surface area contributed by atoms with E-state index in [-0.39, 0.29) is 17.9 Å². The summed E-state index contributed by atoms with van der Waals surface area (Å²) >= 11 is 0. The van der Waals surface area contributed by atoms with Gasteiger partial charge in [0.15, 0.2) is 0 Å². The van der Waals surface area contributed by atoms with Crippen LogP contribution in [0.1, 0.15) is 24.8 Å². The number of amides is 1. The number of hydrogen-bond donors (Lipinski definition) is 2. The van der Waals surface area contributed by atoms with Crippen molar-refractivity contribution in [2.75, 3.05) is 13.1 Å². The first-order valence-corrected chi connectivity index (χ1v) is 6.25. The fraction of sp³-hybridized carbons (Fsp3) is 0.500. The second-order valence-corrected chi connectivity index (χ2v) is 5.00. The van der Waals surface area contributed by atoms with Crippen LogP contribution in [-0.2, 0) is 11.2 Å². The van der Waals surface area contributed by atoms with Crippen LogP contribution in [0.5, 0.6) is 0 Å². The Morgan fingerprint density at radius 2 is 2.00 bits per heavy atom. The van der Waals surface area contributed by atoms with Crippen molar-refractivity contribution in [2.24, 2.45) is 11.1 Å². The first-order chi connectivity index (χ1) is 8.24. The number of rotatable bonds is 5. The molecule has 3 heteroatoms. The minimum atomic E-state index is -0.0515. The van der Waals surface area contributed by atoms with Crippen LogP contribution in [0.25, 0.3) is 0 Å². The summed E-state index contributed by atoms with van der Waals surface area (Å²) in [4.78, 5) is 11.2. The molecule has 0 saturated heterocycles. The van der Waals surface area contributed by atoms with Crippen molar-refractivity contribution in [3.05, 3.63) is 35.9 Å².